The van der Waals surface area contributed by atoms with Gasteiger partial charge in [-0.1, -0.05) is 61.3 Å². The van der Waals surface area contributed by atoms with E-state index >= 15 is 0 Å². The summed E-state index contributed by atoms with van der Waals surface area (Å²) in [7, 11) is 0. The highest BCUT2D eigenvalue weighted by molar-refractivity contribution is 6.37. The van der Waals surface area contributed by atoms with Crippen LogP contribution in [0.1, 0.15) is 88.5 Å². The Morgan fingerprint density at radius 3 is 1.98 bits per heavy atom. The second-order valence-electron chi connectivity index (χ2n) is 16.3. The zero-order chi connectivity index (χ0) is 34.2. The van der Waals surface area contributed by atoms with Crippen molar-refractivity contribution in [2.45, 2.75) is 118 Å². The van der Waals surface area contributed by atoms with Crippen molar-refractivity contribution in [2.75, 3.05) is 13.2 Å². The molecule has 0 aromatic heterocycles. The van der Waals surface area contributed by atoms with Crippen LogP contribution in [-0.2, 0) is 23.9 Å². The molecule has 0 bridgehead atoms. The summed E-state index contributed by atoms with van der Waals surface area (Å²) in [5, 5.41) is 11.2. The van der Waals surface area contributed by atoms with Gasteiger partial charge in [0.1, 0.15) is 18.7 Å². The van der Waals surface area contributed by atoms with Gasteiger partial charge in [0.2, 0.25) is 17.6 Å². The molecule has 0 radical (unpaired) electrons. The lowest BCUT2D eigenvalue weighted by molar-refractivity contribution is -0.144. The van der Waals surface area contributed by atoms with Crippen LogP contribution in [0.15, 0.2) is 0 Å². The number of ether oxygens (including phenoxy) is 1. The molecule has 13 nitrogen and oxygen atoms in total. The fourth-order valence-electron chi connectivity index (χ4n) is 5.98. The number of ketones is 1. The number of piperidine rings is 1. The number of fused-ring (bicyclic) bond motifs is 1. The molecular formula is C32H54N6O7. The molecule has 2 aliphatic carbocycles. The normalized spacial score (nSPS) is 24.8. The predicted octanol–water partition coefficient (Wildman–Crippen LogP) is 2.07. The topological polar surface area (TPSA) is 189 Å². The van der Waals surface area contributed by atoms with Gasteiger partial charge in [0.15, 0.2) is 0 Å². The zero-order valence-electron chi connectivity index (χ0n) is 28.5. The van der Waals surface area contributed by atoms with Crippen molar-refractivity contribution in [3.8, 4) is 0 Å². The third-order valence-electron chi connectivity index (χ3n) is 9.03. The maximum absolute atomic E-state index is 14.1. The maximum atomic E-state index is 14.1. The van der Waals surface area contributed by atoms with Gasteiger partial charge in [-0.3, -0.25) is 19.2 Å². The minimum absolute atomic E-state index is 0.0877. The predicted molar refractivity (Wildman–Crippen MR) is 168 cm³/mol. The Morgan fingerprint density at radius 2 is 1.49 bits per heavy atom. The average Bonchev–Trinajstić information content (AvgIpc) is 3.76. The highest BCUT2D eigenvalue weighted by atomic mass is 16.5. The molecule has 1 aliphatic heterocycles. The van der Waals surface area contributed by atoms with Gasteiger partial charge < -0.3 is 36.6 Å². The van der Waals surface area contributed by atoms with Gasteiger partial charge in [0.25, 0.3) is 5.91 Å². The molecule has 7 atom stereocenters. The van der Waals surface area contributed by atoms with Crippen molar-refractivity contribution >= 4 is 35.6 Å². The smallest absolute Gasteiger partial charge is 0.407 e. The van der Waals surface area contributed by atoms with Gasteiger partial charge in [-0.25, -0.2) is 9.59 Å². The Bertz CT molecular complexity index is 1180. The number of amides is 6. The molecule has 45 heavy (non-hydrogen) atoms. The number of nitrogens with one attached hydrogen (secondary N) is 4. The van der Waals surface area contributed by atoms with Crippen molar-refractivity contribution in [1.29, 1.82) is 0 Å². The molecule has 0 aromatic carbocycles. The average molecular weight is 635 g/mol. The molecule has 254 valence electrons. The van der Waals surface area contributed by atoms with E-state index in [9.17, 15) is 28.8 Å². The van der Waals surface area contributed by atoms with Gasteiger partial charge in [0, 0.05) is 12.1 Å². The lowest BCUT2D eigenvalue weighted by atomic mass is 9.85. The molecule has 13 heteroatoms. The van der Waals surface area contributed by atoms with E-state index in [0.29, 0.717) is 13.0 Å². The summed E-state index contributed by atoms with van der Waals surface area (Å²) < 4.78 is 5.40. The highest BCUT2D eigenvalue weighted by Crippen LogP contribution is 2.55. The standard InChI is InChI=1S/C32H54N6O7/c1-16-18-14-38(22(21(16)18)26(41)34-19(13-17-11-12-17)23(39)25(33)40)27(42)24(31(5,6)7)36-28(43)35-20(30(2,3)4)15-45-29(44)37-32(8,9)10/h16-22,24H,11-15H2,1-10H3,(H2,33,40)(H,34,41)(H,37,44)(H2,35,36,43)/t16-,18+,19?,20+,21-,22?,24+/m0/s1. The lowest BCUT2D eigenvalue weighted by Gasteiger charge is -2.38. The van der Waals surface area contributed by atoms with Crippen LogP contribution in [0.5, 0.6) is 0 Å². The van der Waals surface area contributed by atoms with Crippen LogP contribution in [0.25, 0.3) is 0 Å². The van der Waals surface area contributed by atoms with E-state index in [1.807, 2.05) is 69.2 Å². The number of urea groups is 1. The van der Waals surface area contributed by atoms with E-state index in [1.54, 1.807) is 0 Å². The van der Waals surface area contributed by atoms with Gasteiger partial charge in [0.05, 0.1) is 12.1 Å². The van der Waals surface area contributed by atoms with Crippen LogP contribution in [0, 0.1) is 34.5 Å². The highest BCUT2D eigenvalue weighted by Gasteiger charge is 2.63. The molecule has 6 amide bonds. The number of primary amides is 1. The molecule has 0 aromatic rings. The number of nitrogens with two attached hydrogens (primary N) is 1. The fourth-order valence-corrected chi connectivity index (χ4v) is 5.98. The SMILES string of the molecule is C[C@H]1[C@H]2CN(C(=O)[C@@H](NC(=O)N[C@H](COC(=O)NC(C)(C)C)C(C)(C)C)C(C)(C)C)C(C(=O)NC(CC3CC3)C(=O)C(N)=O)[C@@H]12. The first kappa shape index (κ1) is 36.1. The Kier molecular flexibility index (Phi) is 10.6. The third kappa shape index (κ3) is 9.56. The van der Waals surface area contributed by atoms with Crippen LogP contribution in [0.3, 0.4) is 0 Å². The number of hydrogen-bond acceptors (Lipinski definition) is 7. The molecule has 0 spiro atoms. The van der Waals surface area contributed by atoms with Crippen molar-refractivity contribution in [2.24, 2.45) is 40.2 Å². The van der Waals surface area contributed by atoms with Crippen molar-refractivity contribution in [3.05, 3.63) is 0 Å². The monoisotopic (exact) mass is 634 g/mol. The Balaban J connectivity index is 1.74. The summed E-state index contributed by atoms with van der Waals surface area (Å²) in [6.45, 7) is 18.9. The van der Waals surface area contributed by atoms with Gasteiger partial charge >= 0.3 is 12.1 Å². The zero-order valence-corrected chi connectivity index (χ0v) is 28.5. The summed E-state index contributed by atoms with van der Waals surface area (Å²) in [6.07, 6.45) is 1.56. The fraction of sp³-hybridized carbons (Fsp3) is 0.812. The van der Waals surface area contributed by atoms with E-state index in [0.717, 1.165) is 12.8 Å². The maximum Gasteiger partial charge on any atom is 0.407 e. The molecule has 3 fully saturated rings. The van der Waals surface area contributed by atoms with Crippen LogP contribution in [-0.4, -0.2) is 83.4 Å². The number of carbonyl (C=O) groups is 6. The number of rotatable bonds is 11. The van der Waals surface area contributed by atoms with Crippen LogP contribution in [0.2, 0.25) is 0 Å². The summed E-state index contributed by atoms with van der Waals surface area (Å²) in [4.78, 5) is 79.2. The number of Topliss-reactive ketones (excluding diaryl/α,β-unsaturated/α-hetero) is 1. The number of hydrogen-bond donors (Lipinski definition) is 5. The third-order valence-corrected chi connectivity index (χ3v) is 9.03. The number of nitrogens with zero attached hydrogens (tertiary/aromatic N) is 1. The number of likely N-dealkylation sites (tertiary alicyclic amines) is 1. The van der Waals surface area contributed by atoms with Gasteiger partial charge in [-0.05, 0) is 61.7 Å². The van der Waals surface area contributed by atoms with Crippen LogP contribution in [0.4, 0.5) is 9.59 Å². The van der Waals surface area contributed by atoms with Crippen LogP contribution >= 0.6 is 0 Å². The molecule has 2 saturated carbocycles. The summed E-state index contributed by atoms with van der Waals surface area (Å²) >= 11 is 0. The van der Waals surface area contributed by atoms with Gasteiger partial charge in [-0.15, -0.1) is 0 Å². The number of carbonyl (C=O) groups excluding carboxylic acids is 6. The quantitative estimate of drug-likeness (QED) is 0.215. The first-order valence-corrected chi connectivity index (χ1v) is 16.0. The second kappa shape index (κ2) is 13.2. The van der Waals surface area contributed by atoms with E-state index in [4.69, 9.17) is 10.5 Å². The summed E-state index contributed by atoms with van der Waals surface area (Å²) in [5.41, 5.74) is 3.56. The van der Waals surface area contributed by atoms with Crippen molar-refractivity contribution in [3.63, 3.8) is 0 Å². The molecular weight excluding hydrogens is 580 g/mol. The molecule has 1 heterocycles. The van der Waals surface area contributed by atoms with E-state index in [-0.39, 0.29) is 30.3 Å². The summed E-state index contributed by atoms with van der Waals surface area (Å²) in [6, 6.07) is -4.06. The van der Waals surface area contributed by atoms with Crippen molar-refractivity contribution < 1.29 is 33.5 Å². The molecule has 6 N–H and O–H groups in total. The van der Waals surface area contributed by atoms with E-state index < -0.39 is 76.2 Å². The largest absolute Gasteiger partial charge is 0.447 e. The lowest BCUT2D eigenvalue weighted by Crippen LogP contribution is -2.62. The van der Waals surface area contributed by atoms with Crippen molar-refractivity contribution in [1.82, 2.24) is 26.2 Å². The molecule has 3 rings (SSSR count). The first-order valence-electron chi connectivity index (χ1n) is 16.0. The number of alkyl carbamates (subject to hydrolysis) is 1. The Hall–Kier alpha value is -3.38. The minimum atomic E-state index is -1.10. The molecule has 2 unspecified atom stereocenters. The Morgan fingerprint density at radius 1 is 0.889 bits per heavy atom. The Labute approximate surface area is 266 Å². The van der Waals surface area contributed by atoms with E-state index in [1.165, 1.54) is 4.90 Å². The second-order valence-corrected chi connectivity index (χ2v) is 16.3. The minimum Gasteiger partial charge on any atom is -0.447 e. The first-order chi connectivity index (χ1) is 20.5. The summed E-state index contributed by atoms with van der Waals surface area (Å²) in [5.74, 6) is -2.35. The molecule has 3 aliphatic rings. The van der Waals surface area contributed by atoms with Gasteiger partial charge in [-0.2, -0.15) is 0 Å². The van der Waals surface area contributed by atoms with Crippen LogP contribution < -0.4 is 27.0 Å². The van der Waals surface area contributed by atoms with E-state index in [2.05, 4.69) is 21.3 Å². The molecule has 1 saturated heterocycles.